The molecule has 4 rings (SSSR count). The van der Waals surface area contributed by atoms with Crippen LogP contribution in [-0.4, -0.2) is 56.7 Å². The van der Waals surface area contributed by atoms with Crippen molar-refractivity contribution >= 4 is 29.9 Å². The minimum Gasteiger partial charge on any atom is -0.493 e. The number of hydrogen-bond acceptors (Lipinski definition) is 3. The molecule has 0 aromatic heterocycles. The second-order valence-corrected chi connectivity index (χ2v) is 8.33. The average molecular weight is 498 g/mol. The van der Waals surface area contributed by atoms with Crippen LogP contribution in [0.15, 0.2) is 23.2 Å². The Labute approximate surface area is 186 Å². The molecule has 3 aliphatic rings. The summed E-state index contributed by atoms with van der Waals surface area (Å²) in [7, 11) is 1.87. The standard InChI is InChI=1S/C22H34N4O.HI/c1-23-22(24-11-8-17-6-7-21-19(14-17)10-13-27-21)25-20-9-12-26(16-20)15-18-4-2-3-5-18;/h6-7,14,18,20H,2-5,8-13,15-16H2,1H3,(H2,23,24,25);1H. The van der Waals surface area contributed by atoms with E-state index >= 15 is 0 Å². The lowest BCUT2D eigenvalue weighted by atomic mass is 10.1. The first kappa shape index (κ1) is 21.7. The maximum Gasteiger partial charge on any atom is 0.191 e. The van der Waals surface area contributed by atoms with E-state index in [-0.39, 0.29) is 24.0 Å². The van der Waals surface area contributed by atoms with Crippen LogP contribution in [0.25, 0.3) is 0 Å². The zero-order valence-corrected chi connectivity index (χ0v) is 19.4. The van der Waals surface area contributed by atoms with E-state index in [0.717, 1.165) is 50.2 Å². The van der Waals surface area contributed by atoms with Gasteiger partial charge in [-0.05, 0) is 48.8 Å². The molecule has 2 heterocycles. The van der Waals surface area contributed by atoms with Gasteiger partial charge in [0.25, 0.3) is 0 Å². The number of likely N-dealkylation sites (tertiary alicyclic amines) is 1. The number of rotatable bonds is 6. The van der Waals surface area contributed by atoms with Gasteiger partial charge in [-0.1, -0.05) is 25.0 Å². The van der Waals surface area contributed by atoms with Crippen molar-refractivity contribution < 1.29 is 4.74 Å². The second-order valence-electron chi connectivity index (χ2n) is 8.33. The zero-order chi connectivity index (χ0) is 18.5. The molecule has 1 unspecified atom stereocenters. The smallest absolute Gasteiger partial charge is 0.191 e. The Bertz CT molecular complexity index is 660. The number of aliphatic imine (C=N–C) groups is 1. The van der Waals surface area contributed by atoms with Crippen LogP contribution in [0.5, 0.6) is 5.75 Å². The largest absolute Gasteiger partial charge is 0.493 e. The molecule has 0 amide bonds. The van der Waals surface area contributed by atoms with Gasteiger partial charge in [0, 0.05) is 45.7 Å². The topological polar surface area (TPSA) is 48.9 Å². The highest BCUT2D eigenvalue weighted by Crippen LogP contribution is 2.27. The van der Waals surface area contributed by atoms with Gasteiger partial charge in [-0.15, -0.1) is 24.0 Å². The average Bonchev–Trinajstić information content (AvgIpc) is 3.43. The normalized spacial score (nSPS) is 22.6. The van der Waals surface area contributed by atoms with Gasteiger partial charge < -0.3 is 20.3 Å². The molecule has 1 saturated heterocycles. The monoisotopic (exact) mass is 498 g/mol. The van der Waals surface area contributed by atoms with Crippen molar-refractivity contribution in [2.45, 2.75) is 51.0 Å². The van der Waals surface area contributed by atoms with Crippen LogP contribution in [0.3, 0.4) is 0 Å². The highest BCUT2D eigenvalue weighted by molar-refractivity contribution is 14.0. The third kappa shape index (κ3) is 5.75. The van der Waals surface area contributed by atoms with E-state index in [0.29, 0.717) is 6.04 Å². The predicted octanol–water partition coefficient (Wildman–Crippen LogP) is 3.21. The summed E-state index contributed by atoms with van der Waals surface area (Å²) in [5.41, 5.74) is 2.72. The van der Waals surface area contributed by atoms with Crippen molar-refractivity contribution in [2.75, 3.05) is 39.8 Å². The van der Waals surface area contributed by atoms with E-state index in [2.05, 4.69) is 38.7 Å². The fourth-order valence-electron chi connectivity index (χ4n) is 4.78. The van der Waals surface area contributed by atoms with Crippen molar-refractivity contribution in [3.63, 3.8) is 0 Å². The quantitative estimate of drug-likeness (QED) is 0.360. The number of guanidine groups is 1. The number of nitrogens with zero attached hydrogens (tertiary/aromatic N) is 2. The number of hydrogen-bond donors (Lipinski definition) is 2. The zero-order valence-electron chi connectivity index (χ0n) is 17.1. The van der Waals surface area contributed by atoms with Crippen molar-refractivity contribution in [3.05, 3.63) is 29.3 Å². The summed E-state index contributed by atoms with van der Waals surface area (Å²) >= 11 is 0. The van der Waals surface area contributed by atoms with Crippen LogP contribution in [0.4, 0.5) is 0 Å². The lowest BCUT2D eigenvalue weighted by molar-refractivity contribution is 0.275. The number of nitrogens with one attached hydrogen (secondary N) is 2. The fourth-order valence-corrected chi connectivity index (χ4v) is 4.78. The molecule has 0 radical (unpaired) electrons. The molecule has 0 bridgehead atoms. The van der Waals surface area contributed by atoms with E-state index in [1.807, 2.05) is 7.05 Å². The number of ether oxygens (including phenoxy) is 1. The van der Waals surface area contributed by atoms with E-state index in [4.69, 9.17) is 4.74 Å². The van der Waals surface area contributed by atoms with Gasteiger partial charge in [-0.25, -0.2) is 0 Å². The van der Waals surface area contributed by atoms with Crippen LogP contribution in [0.1, 0.15) is 43.2 Å². The second kappa shape index (κ2) is 10.7. The molecule has 6 heteroatoms. The maximum atomic E-state index is 5.59. The van der Waals surface area contributed by atoms with Gasteiger partial charge in [-0.2, -0.15) is 0 Å². The minimum absolute atomic E-state index is 0. The molecule has 2 N–H and O–H groups in total. The summed E-state index contributed by atoms with van der Waals surface area (Å²) in [6, 6.07) is 7.11. The summed E-state index contributed by atoms with van der Waals surface area (Å²) in [6.45, 7) is 5.40. The van der Waals surface area contributed by atoms with E-state index < -0.39 is 0 Å². The summed E-state index contributed by atoms with van der Waals surface area (Å²) in [6.07, 6.45) is 9.02. The Morgan fingerprint density at radius 1 is 1.25 bits per heavy atom. The van der Waals surface area contributed by atoms with Gasteiger partial charge >= 0.3 is 0 Å². The van der Waals surface area contributed by atoms with Crippen LogP contribution in [0.2, 0.25) is 0 Å². The molecule has 1 aliphatic carbocycles. The van der Waals surface area contributed by atoms with Crippen LogP contribution < -0.4 is 15.4 Å². The molecule has 5 nitrogen and oxygen atoms in total. The first-order chi connectivity index (χ1) is 13.3. The lowest BCUT2D eigenvalue weighted by Gasteiger charge is -2.21. The Hall–Kier alpha value is -1.02. The van der Waals surface area contributed by atoms with E-state index in [9.17, 15) is 0 Å². The molecule has 1 aromatic carbocycles. The molecule has 28 heavy (non-hydrogen) atoms. The highest BCUT2D eigenvalue weighted by Gasteiger charge is 2.26. The fraction of sp³-hybridized carbons (Fsp3) is 0.682. The van der Waals surface area contributed by atoms with E-state index in [1.54, 1.807) is 0 Å². The van der Waals surface area contributed by atoms with Crippen molar-refractivity contribution in [1.82, 2.24) is 15.5 Å². The Morgan fingerprint density at radius 3 is 2.93 bits per heavy atom. The SMILES string of the molecule is CN=C(NCCc1ccc2c(c1)CCO2)NC1CCN(CC2CCCC2)C1.I. The number of fused-ring (bicyclic) bond motifs is 1. The molecule has 1 aromatic rings. The van der Waals surface area contributed by atoms with Crippen molar-refractivity contribution in [1.29, 1.82) is 0 Å². The van der Waals surface area contributed by atoms with Crippen LogP contribution in [-0.2, 0) is 12.8 Å². The summed E-state index contributed by atoms with van der Waals surface area (Å²) in [4.78, 5) is 7.07. The Kier molecular flexibility index (Phi) is 8.26. The van der Waals surface area contributed by atoms with Crippen molar-refractivity contribution in [3.8, 4) is 5.75 Å². The maximum absolute atomic E-state index is 5.59. The van der Waals surface area contributed by atoms with Crippen LogP contribution in [0, 0.1) is 5.92 Å². The summed E-state index contributed by atoms with van der Waals surface area (Å²) in [5.74, 6) is 2.94. The van der Waals surface area contributed by atoms with Gasteiger partial charge in [0.05, 0.1) is 6.61 Å². The number of benzene rings is 1. The first-order valence-electron chi connectivity index (χ1n) is 10.7. The molecule has 2 fully saturated rings. The number of halogens is 1. The van der Waals surface area contributed by atoms with Gasteiger partial charge in [0.15, 0.2) is 5.96 Å². The molecule has 1 saturated carbocycles. The first-order valence-corrected chi connectivity index (χ1v) is 10.7. The molecule has 2 aliphatic heterocycles. The third-order valence-corrected chi connectivity index (χ3v) is 6.29. The molecule has 156 valence electrons. The Morgan fingerprint density at radius 2 is 2.11 bits per heavy atom. The summed E-state index contributed by atoms with van der Waals surface area (Å²) < 4.78 is 5.59. The molecule has 1 atom stereocenters. The third-order valence-electron chi connectivity index (χ3n) is 6.29. The van der Waals surface area contributed by atoms with Gasteiger partial charge in [0.1, 0.15) is 5.75 Å². The van der Waals surface area contributed by atoms with Gasteiger partial charge in [-0.3, -0.25) is 4.99 Å². The van der Waals surface area contributed by atoms with E-state index in [1.165, 1.54) is 56.3 Å². The Balaban J connectivity index is 0.00000225. The molecular formula is C22H35IN4O. The molecular weight excluding hydrogens is 463 g/mol. The minimum atomic E-state index is 0. The lowest BCUT2D eigenvalue weighted by Crippen LogP contribution is -2.45. The van der Waals surface area contributed by atoms with Gasteiger partial charge in [0.2, 0.25) is 0 Å². The summed E-state index contributed by atoms with van der Waals surface area (Å²) in [5, 5.41) is 7.12. The van der Waals surface area contributed by atoms with Crippen molar-refractivity contribution in [2.24, 2.45) is 10.9 Å². The molecule has 0 spiro atoms. The highest BCUT2D eigenvalue weighted by atomic mass is 127. The van der Waals surface area contributed by atoms with Crippen LogP contribution >= 0.6 is 24.0 Å². The predicted molar refractivity (Wildman–Crippen MR) is 126 cm³/mol.